The van der Waals surface area contributed by atoms with E-state index in [1.807, 2.05) is 41.9 Å². The Bertz CT molecular complexity index is 1200. The number of benzene rings is 1. The summed E-state index contributed by atoms with van der Waals surface area (Å²) in [6.07, 6.45) is 2.94. The normalized spacial score (nSPS) is 15.4. The number of carbonyl (C=O) groups is 1. The summed E-state index contributed by atoms with van der Waals surface area (Å²) in [5.74, 6) is 2.05. The van der Waals surface area contributed by atoms with Crippen LogP contribution < -0.4 is 10.1 Å². The van der Waals surface area contributed by atoms with Gasteiger partial charge in [-0.15, -0.1) is 21.5 Å². The number of carbonyl (C=O) groups excluding carboxylic acids is 1. The number of ether oxygens (including phenoxy) is 1. The molecule has 1 amide bonds. The molecule has 0 bridgehead atoms. The molecule has 0 aliphatic heterocycles. The molecule has 0 saturated heterocycles. The Hall–Kier alpha value is -2.83. The summed E-state index contributed by atoms with van der Waals surface area (Å²) in [7, 11) is 1.86. The van der Waals surface area contributed by atoms with Crippen molar-refractivity contribution in [2.45, 2.75) is 51.8 Å². The van der Waals surface area contributed by atoms with Gasteiger partial charge in [-0.25, -0.2) is 0 Å². The van der Waals surface area contributed by atoms with Gasteiger partial charge in [0, 0.05) is 11.9 Å². The lowest BCUT2D eigenvalue weighted by molar-refractivity contribution is -0.113. The maximum Gasteiger partial charge on any atom is 0.235 e. The Morgan fingerprint density at radius 3 is 2.79 bits per heavy atom. The van der Waals surface area contributed by atoms with Gasteiger partial charge in [0.25, 0.3) is 0 Å². The number of thioether (sulfide) groups is 1. The van der Waals surface area contributed by atoms with Crippen LogP contribution in [0.15, 0.2) is 35.5 Å². The fourth-order valence-electron chi connectivity index (χ4n) is 4.09. The molecule has 9 heteroatoms. The largest absolute Gasteiger partial charge is 0.486 e. The van der Waals surface area contributed by atoms with Crippen LogP contribution in [0.3, 0.4) is 0 Å². The number of amides is 1. The van der Waals surface area contributed by atoms with Crippen molar-refractivity contribution >= 4 is 34.0 Å². The molecule has 0 saturated carbocycles. The molecule has 4 rings (SSSR count). The molecule has 178 valence electrons. The van der Waals surface area contributed by atoms with E-state index in [4.69, 9.17) is 4.74 Å². The molecule has 2 heterocycles. The fourth-order valence-corrected chi connectivity index (χ4v) is 6.11. The van der Waals surface area contributed by atoms with Crippen LogP contribution in [0.2, 0.25) is 0 Å². The van der Waals surface area contributed by atoms with Crippen LogP contribution in [0, 0.1) is 22.7 Å². The van der Waals surface area contributed by atoms with E-state index >= 15 is 0 Å². The number of fused-ring (bicyclic) bond motifs is 1. The minimum absolute atomic E-state index is 0.155. The summed E-state index contributed by atoms with van der Waals surface area (Å²) < 4.78 is 7.57. The highest BCUT2D eigenvalue weighted by Crippen LogP contribution is 2.44. The second-order valence-electron chi connectivity index (χ2n) is 9.52. The second-order valence-corrected chi connectivity index (χ2v) is 11.6. The SMILES string of the molecule is Cn1c(COc2ccccc2)nnc1SCC(=O)Nc1sc2c(c1C#N)CCC(C(C)(C)C)C2. The van der Waals surface area contributed by atoms with Crippen molar-refractivity contribution in [1.82, 2.24) is 14.8 Å². The van der Waals surface area contributed by atoms with Crippen LogP contribution in [-0.4, -0.2) is 26.4 Å². The van der Waals surface area contributed by atoms with Gasteiger partial charge in [0.15, 0.2) is 11.0 Å². The van der Waals surface area contributed by atoms with Crippen LogP contribution in [0.1, 0.15) is 49.0 Å². The maximum absolute atomic E-state index is 12.7. The molecule has 7 nitrogen and oxygen atoms in total. The number of nitriles is 1. The summed E-state index contributed by atoms with van der Waals surface area (Å²) >= 11 is 2.87. The Labute approximate surface area is 208 Å². The van der Waals surface area contributed by atoms with E-state index < -0.39 is 0 Å². The van der Waals surface area contributed by atoms with Crippen molar-refractivity contribution < 1.29 is 9.53 Å². The Morgan fingerprint density at radius 1 is 1.32 bits per heavy atom. The summed E-state index contributed by atoms with van der Waals surface area (Å²) in [4.78, 5) is 13.9. The molecule has 0 radical (unpaired) electrons. The second kappa shape index (κ2) is 10.2. The lowest BCUT2D eigenvalue weighted by atomic mass is 9.72. The predicted molar refractivity (Wildman–Crippen MR) is 135 cm³/mol. The van der Waals surface area contributed by atoms with Gasteiger partial charge in [0.1, 0.15) is 23.4 Å². The van der Waals surface area contributed by atoms with Crippen molar-refractivity contribution in [2.75, 3.05) is 11.1 Å². The first-order chi connectivity index (χ1) is 16.3. The summed E-state index contributed by atoms with van der Waals surface area (Å²) in [6, 6.07) is 11.9. The van der Waals surface area contributed by atoms with Crippen LogP contribution in [0.25, 0.3) is 0 Å². The molecule has 1 unspecified atom stereocenters. The number of aromatic nitrogens is 3. The average molecular weight is 496 g/mol. The van der Waals surface area contributed by atoms with Crippen molar-refractivity contribution in [1.29, 1.82) is 5.26 Å². The number of para-hydroxylation sites is 1. The molecule has 2 aromatic heterocycles. The number of rotatable bonds is 7. The standard InChI is InChI=1S/C25H29N5O2S2/c1-25(2,3)16-10-11-18-19(13-26)23(34-20(18)12-16)27-22(31)15-33-24-29-28-21(30(24)4)14-32-17-8-6-5-7-9-17/h5-9,16H,10-12,14-15H2,1-4H3,(H,27,31). The highest BCUT2D eigenvalue weighted by Gasteiger charge is 2.32. The number of thiophene rings is 1. The van der Waals surface area contributed by atoms with Crippen molar-refractivity contribution in [3.63, 3.8) is 0 Å². The van der Waals surface area contributed by atoms with Crippen molar-refractivity contribution in [2.24, 2.45) is 18.4 Å². The first kappa shape index (κ1) is 24.3. The van der Waals surface area contributed by atoms with E-state index in [9.17, 15) is 10.1 Å². The lowest BCUT2D eigenvalue weighted by Crippen LogP contribution is -2.26. The molecule has 1 atom stereocenters. The van der Waals surface area contributed by atoms with E-state index in [1.54, 1.807) is 11.3 Å². The van der Waals surface area contributed by atoms with Gasteiger partial charge in [-0.2, -0.15) is 5.26 Å². The molecular formula is C25H29N5O2S2. The summed E-state index contributed by atoms with van der Waals surface area (Å²) in [5.41, 5.74) is 1.98. The van der Waals surface area contributed by atoms with Crippen molar-refractivity contribution in [3.05, 3.63) is 52.2 Å². The quantitative estimate of drug-likeness (QED) is 0.452. The first-order valence-electron chi connectivity index (χ1n) is 11.3. The highest BCUT2D eigenvalue weighted by molar-refractivity contribution is 7.99. The smallest absolute Gasteiger partial charge is 0.235 e. The Morgan fingerprint density at radius 2 is 2.09 bits per heavy atom. The summed E-state index contributed by atoms with van der Waals surface area (Å²) in [5, 5.41) is 22.4. The molecule has 34 heavy (non-hydrogen) atoms. The van der Waals surface area contributed by atoms with E-state index in [-0.39, 0.29) is 17.1 Å². The summed E-state index contributed by atoms with van der Waals surface area (Å²) in [6.45, 7) is 7.11. The van der Waals surface area contributed by atoms with E-state index in [0.29, 0.717) is 34.1 Å². The van der Waals surface area contributed by atoms with Crippen LogP contribution in [0.5, 0.6) is 5.75 Å². The number of nitrogens with zero attached hydrogens (tertiary/aromatic N) is 4. The van der Waals surface area contributed by atoms with Gasteiger partial charge in [-0.1, -0.05) is 50.7 Å². The van der Waals surface area contributed by atoms with E-state index in [1.165, 1.54) is 16.6 Å². The zero-order valence-corrected chi connectivity index (χ0v) is 21.6. The lowest BCUT2D eigenvalue weighted by Gasteiger charge is -2.33. The van der Waals surface area contributed by atoms with Crippen molar-refractivity contribution in [3.8, 4) is 11.8 Å². The van der Waals surface area contributed by atoms with Gasteiger partial charge >= 0.3 is 0 Å². The molecule has 3 aromatic rings. The van der Waals surface area contributed by atoms with Gasteiger partial charge in [-0.3, -0.25) is 4.79 Å². The van der Waals surface area contributed by atoms with Crippen LogP contribution in [-0.2, 0) is 31.3 Å². The topological polar surface area (TPSA) is 92.8 Å². The average Bonchev–Trinajstić information content (AvgIpc) is 3.34. The van der Waals surface area contributed by atoms with Crippen LogP contribution in [0.4, 0.5) is 5.00 Å². The van der Waals surface area contributed by atoms with Gasteiger partial charge in [-0.05, 0) is 48.3 Å². The maximum atomic E-state index is 12.7. The zero-order chi connectivity index (χ0) is 24.3. The molecule has 1 aromatic carbocycles. The Balaban J connectivity index is 1.36. The van der Waals surface area contributed by atoms with E-state index in [0.717, 1.165) is 30.6 Å². The monoisotopic (exact) mass is 495 g/mol. The molecule has 1 aliphatic carbocycles. The minimum atomic E-state index is -0.155. The first-order valence-corrected chi connectivity index (χ1v) is 13.1. The predicted octanol–water partition coefficient (Wildman–Crippen LogP) is 5.21. The molecule has 0 fully saturated rings. The minimum Gasteiger partial charge on any atom is -0.486 e. The number of nitrogens with one attached hydrogen (secondary N) is 1. The zero-order valence-electron chi connectivity index (χ0n) is 19.9. The van der Waals surface area contributed by atoms with Gasteiger partial charge in [0.2, 0.25) is 5.91 Å². The van der Waals surface area contributed by atoms with E-state index in [2.05, 4.69) is 42.4 Å². The third kappa shape index (κ3) is 5.45. The third-order valence-corrected chi connectivity index (χ3v) is 8.41. The number of hydrogen-bond acceptors (Lipinski definition) is 7. The Kier molecular flexibility index (Phi) is 7.29. The molecular weight excluding hydrogens is 466 g/mol. The molecule has 1 N–H and O–H groups in total. The van der Waals surface area contributed by atoms with Crippen LogP contribution >= 0.6 is 23.1 Å². The van der Waals surface area contributed by atoms with Gasteiger partial charge in [0.05, 0.1) is 11.3 Å². The molecule has 1 aliphatic rings. The van der Waals surface area contributed by atoms with Gasteiger partial charge < -0.3 is 14.6 Å². The third-order valence-electron chi connectivity index (χ3n) is 6.22. The fraction of sp³-hybridized carbons (Fsp3) is 0.440. The number of anilines is 1. The highest BCUT2D eigenvalue weighted by atomic mass is 32.2. The number of hydrogen-bond donors (Lipinski definition) is 1. The molecule has 0 spiro atoms.